The number of halogens is 1. The number of rotatable bonds is 4. The van der Waals surface area contributed by atoms with E-state index in [0.29, 0.717) is 31.4 Å². The van der Waals surface area contributed by atoms with E-state index >= 15 is 0 Å². The van der Waals surface area contributed by atoms with Crippen LogP contribution in [0.3, 0.4) is 0 Å². The molecule has 1 saturated heterocycles. The van der Waals surface area contributed by atoms with Crippen LogP contribution in [0.4, 0.5) is 0 Å². The van der Waals surface area contributed by atoms with E-state index in [4.69, 9.17) is 9.26 Å². The number of carbonyl (C=O) groups excluding carboxylic acids is 1. The number of guanidine groups is 1. The molecule has 2 rings (SSSR count). The summed E-state index contributed by atoms with van der Waals surface area (Å²) in [5.41, 5.74) is 0. The summed E-state index contributed by atoms with van der Waals surface area (Å²) in [5.74, 6) is 1.61. The second-order valence-corrected chi connectivity index (χ2v) is 5.17. The largest absolute Gasteiger partial charge is 0.466 e. The first kappa shape index (κ1) is 19.7. The van der Waals surface area contributed by atoms with E-state index in [2.05, 4.69) is 25.3 Å². The zero-order chi connectivity index (χ0) is 15.9. The molecule has 23 heavy (non-hydrogen) atoms. The number of aryl methyl sites for hydroxylation is 1. The zero-order valence-corrected chi connectivity index (χ0v) is 16.1. The van der Waals surface area contributed by atoms with Gasteiger partial charge in [0.2, 0.25) is 5.89 Å². The third kappa shape index (κ3) is 5.63. The number of piperidine rings is 1. The molecular formula is C14H24IN5O3. The summed E-state index contributed by atoms with van der Waals surface area (Å²) in [5, 5.41) is 6.94. The minimum Gasteiger partial charge on any atom is -0.466 e. The number of esters is 1. The van der Waals surface area contributed by atoms with Crippen LogP contribution < -0.4 is 5.32 Å². The molecule has 0 bridgehead atoms. The summed E-state index contributed by atoms with van der Waals surface area (Å²) in [6.45, 7) is 5.90. The minimum atomic E-state index is -0.129. The van der Waals surface area contributed by atoms with Gasteiger partial charge in [0, 0.05) is 20.1 Å². The SMILES string of the molecule is CCOC(=O)[C@H]1CCCN(C(=NC)NCc2nc(C)no2)C1.I. The first-order valence-corrected chi connectivity index (χ1v) is 7.55. The van der Waals surface area contributed by atoms with Gasteiger partial charge in [-0.2, -0.15) is 4.98 Å². The summed E-state index contributed by atoms with van der Waals surface area (Å²) in [6.07, 6.45) is 1.79. The van der Waals surface area contributed by atoms with Gasteiger partial charge in [-0.1, -0.05) is 5.16 Å². The maximum atomic E-state index is 11.9. The predicted octanol–water partition coefficient (Wildman–Crippen LogP) is 1.35. The second-order valence-electron chi connectivity index (χ2n) is 5.17. The molecule has 0 radical (unpaired) electrons. The van der Waals surface area contributed by atoms with E-state index in [-0.39, 0.29) is 35.9 Å². The third-order valence-corrected chi connectivity index (χ3v) is 3.52. The summed E-state index contributed by atoms with van der Waals surface area (Å²) in [7, 11) is 1.72. The van der Waals surface area contributed by atoms with Gasteiger partial charge in [0.05, 0.1) is 19.1 Å². The van der Waals surface area contributed by atoms with Crippen LogP contribution in [-0.2, 0) is 16.1 Å². The van der Waals surface area contributed by atoms with Gasteiger partial charge < -0.3 is 19.5 Å². The van der Waals surface area contributed by atoms with Gasteiger partial charge in [-0.15, -0.1) is 24.0 Å². The molecule has 1 atom stereocenters. The highest BCUT2D eigenvalue weighted by Crippen LogP contribution is 2.18. The van der Waals surface area contributed by atoms with E-state index in [9.17, 15) is 4.79 Å². The lowest BCUT2D eigenvalue weighted by molar-refractivity contribution is -0.149. The van der Waals surface area contributed by atoms with Gasteiger partial charge in [-0.05, 0) is 26.7 Å². The number of likely N-dealkylation sites (tertiary alicyclic amines) is 1. The standard InChI is InChI=1S/C14H23N5O3.HI/c1-4-21-13(20)11-6-5-7-19(9-11)14(15-3)16-8-12-17-10(2)18-22-12;/h11H,4-9H2,1-3H3,(H,15,16);1H/t11-;/m0./s1. The van der Waals surface area contributed by atoms with Crippen molar-refractivity contribution in [2.45, 2.75) is 33.2 Å². The number of aliphatic imine (C=N–C) groups is 1. The Morgan fingerprint density at radius 2 is 2.35 bits per heavy atom. The molecule has 2 heterocycles. The lowest BCUT2D eigenvalue weighted by Gasteiger charge is -2.33. The minimum absolute atomic E-state index is 0. The van der Waals surface area contributed by atoms with Gasteiger partial charge in [0.1, 0.15) is 0 Å². The fraction of sp³-hybridized carbons (Fsp3) is 0.714. The van der Waals surface area contributed by atoms with Crippen molar-refractivity contribution < 1.29 is 14.1 Å². The number of carbonyl (C=O) groups is 1. The van der Waals surface area contributed by atoms with Crippen LogP contribution in [0.1, 0.15) is 31.5 Å². The average molecular weight is 437 g/mol. The van der Waals surface area contributed by atoms with Gasteiger partial charge in [-0.3, -0.25) is 9.79 Å². The highest BCUT2D eigenvalue weighted by Gasteiger charge is 2.28. The first-order chi connectivity index (χ1) is 10.6. The number of hydrogen-bond donors (Lipinski definition) is 1. The number of nitrogens with one attached hydrogen (secondary N) is 1. The number of aromatic nitrogens is 2. The Labute approximate surface area is 153 Å². The summed E-state index contributed by atoms with van der Waals surface area (Å²) in [4.78, 5) is 22.4. The second kappa shape index (κ2) is 9.68. The van der Waals surface area contributed by atoms with E-state index in [1.807, 2.05) is 6.92 Å². The molecular weight excluding hydrogens is 413 g/mol. The molecule has 9 heteroatoms. The lowest BCUT2D eigenvalue weighted by Crippen LogP contribution is -2.48. The molecule has 0 aromatic carbocycles. The van der Waals surface area contributed by atoms with Gasteiger partial charge in [0.25, 0.3) is 0 Å². The van der Waals surface area contributed by atoms with E-state index in [1.165, 1.54) is 0 Å². The fourth-order valence-corrected chi connectivity index (χ4v) is 2.52. The van der Waals surface area contributed by atoms with Crippen molar-refractivity contribution in [2.75, 3.05) is 26.7 Å². The third-order valence-electron chi connectivity index (χ3n) is 3.52. The normalized spacial score (nSPS) is 18.3. The van der Waals surface area contributed by atoms with Crippen LogP contribution in [0.15, 0.2) is 9.52 Å². The van der Waals surface area contributed by atoms with Crippen molar-refractivity contribution in [3.63, 3.8) is 0 Å². The Balaban J connectivity index is 0.00000264. The zero-order valence-electron chi connectivity index (χ0n) is 13.7. The number of hydrogen-bond acceptors (Lipinski definition) is 6. The van der Waals surface area contributed by atoms with Crippen molar-refractivity contribution in [2.24, 2.45) is 10.9 Å². The molecule has 0 amide bonds. The quantitative estimate of drug-likeness (QED) is 0.329. The van der Waals surface area contributed by atoms with Gasteiger partial charge >= 0.3 is 5.97 Å². The maximum absolute atomic E-state index is 11.9. The van der Waals surface area contributed by atoms with Crippen molar-refractivity contribution in [1.29, 1.82) is 0 Å². The smallest absolute Gasteiger partial charge is 0.310 e. The van der Waals surface area contributed by atoms with E-state index < -0.39 is 0 Å². The Morgan fingerprint density at radius 3 is 2.96 bits per heavy atom. The first-order valence-electron chi connectivity index (χ1n) is 7.55. The molecule has 0 unspecified atom stereocenters. The van der Waals surface area contributed by atoms with Crippen LogP contribution in [0.25, 0.3) is 0 Å². The predicted molar refractivity (Wildman–Crippen MR) is 95.6 cm³/mol. The Morgan fingerprint density at radius 1 is 1.57 bits per heavy atom. The molecule has 130 valence electrons. The Kier molecular flexibility index (Phi) is 8.28. The highest BCUT2D eigenvalue weighted by molar-refractivity contribution is 14.0. The molecule has 1 aliphatic heterocycles. The summed E-state index contributed by atoms with van der Waals surface area (Å²) >= 11 is 0. The van der Waals surface area contributed by atoms with Crippen molar-refractivity contribution in [3.05, 3.63) is 11.7 Å². The van der Waals surface area contributed by atoms with Gasteiger partial charge in [0.15, 0.2) is 11.8 Å². The van der Waals surface area contributed by atoms with Crippen LogP contribution in [-0.4, -0.2) is 53.7 Å². The summed E-state index contributed by atoms with van der Waals surface area (Å²) < 4.78 is 10.2. The highest BCUT2D eigenvalue weighted by atomic mass is 127. The topological polar surface area (TPSA) is 92.8 Å². The monoisotopic (exact) mass is 437 g/mol. The number of ether oxygens (including phenoxy) is 1. The average Bonchev–Trinajstić information content (AvgIpc) is 2.94. The molecule has 1 aliphatic rings. The number of nitrogens with zero attached hydrogens (tertiary/aromatic N) is 4. The van der Waals surface area contributed by atoms with Crippen molar-refractivity contribution >= 4 is 35.9 Å². The molecule has 0 saturated carbocycles. The van der Waals surface area contributed by atoms with Crippen molar-refractivity contribution in [3.8, 4) is 0 Å². The van der Waals surface area contributed by atoms with Crippen LogP contribution in [0.5, 0.6) is 0 Å². The molecule has 1 aromatic rings. The molecule has 0 aliphatic carbocycles. The Bertz CT molecular complexity index is 534. The fourth-order valence-electron chi connectivity index (χ4n) is 2.52. The Hall–Kier alpha value is -1.39. The van der Waals surface area contributed by atoms with Crippen molar-refractivity contribution in [1.82, 2.24) is 20.4 Å². The molecule has 8 nitrogen and oxygen atoms in total. The molecule has 0 spiro atoms. The molecule has 1 N–H and O–H groups in total. The molecule has 1 aromatic heterocycles. The maximum Gasteiger partial charge on any atom is 0.310 e. The molecule has 1 fully saturated rings. The van der Waals surface area contributed by atoms with Crippen LogP contribution >= 0.6 is 24.0 Å². The van der Waals surface area contributed by atoms with Gasteiger partial charge in [-0.25, -0.2) is 0 Å². The van der Waals surface area contributed by atoms with Crippen LogP contribution in [0, 0.1) is 12.8 Å². The lowest BCUT2D eigenvalue weighted by atomic mass is 9.98. The van der Waals surface area contributed by atoms with E-state index in [0.717, 1.165) is 25.3 Å². The van der Waals surface area contributed by atoms with E-state index in [1.54, 1.807) is 14.0 Å². The van der Waals surface area contributed by atoms with Crippen LogP contribution in [0.2, 0.25) is 0 Å². The summed E-state index contributed by atoms with van der Waals surface area (Å²) in [6, 6.07) is 0.